The van der Waals surface area contributed by atoms with E-state index in [2.05, 4.69) is 10.1 Å². The molecule has 1 aromatic carbocycles. The van der Waals surface area contributed by atoms with E-state index in [4.69, 9.17) is 16.7 Å². The lowest BCUT2D eigenvalue weighted by atomic mass is 10.2. The summed E-state index contributed by atoms with van der Waals surface area (Å²) in [5.41, 5.74) is 0.823. The van der Waals surface area contributed by atoms with Gasteiger partial charge in [0, 0.05) is 16.7 Å². The molecule has 0 atom stereocenters. The van der Waals surface area contributed by atoms with Crippen LogP contribution < -0.4 is 0 Å². The van der Waals surface area contributed by atoms with Gasteiger partial charge in [0.1, 0.15) is 6.33 Å². The number of halogens is 1. The summed E-state index contributed by atoms with van der Waals surface area (Å²) >= 11 is 5.88. The predicted molar refractivity (Wildman–Crippen MR) is 67.2 cm³/mol. The average Bonchev–Trinajstić information content (AvgIpc) is 2.77. The third kappa shape index (κ3) is 3.18. The van der Waals surface area contributed by atoms with E-state index in [-0.39, 0.29) is 0 Å². The van der Waals surface area contributed by atoms with E-state index >= 15 is 0 Å². The van der Waals surface area contributed by atoms with Crippen molar-refractivity contribution < 1.29 is 9.90 Å². The number of carbonyl (C=O) groups is 1. The van der Waals surface area contributed by atoms with E-state index in [1.54, 1.807) is 23.1 Å². The second-order valence-electron chi connectivity index (χ2n) is 3.54. The lowest BCUT2D eigenvalue weighted by Gasteiger charge is -1.96. The molecule has 5 nitrogen and oxygen atoms in total. The van der Waals surface area contributed by atoms with Gasteiger partial charge in [-0.1, -0.05) is 29.8 Å². The van der Waals surface area contributed by atoms with Gasteiger partial charge in [-0.3, -0.25) is 0 Å². The molecule has 0 saturated heterocycles. The average molecular weight is 264 g/mol. The zero-order valence-corrected chi connectivity index (χ0v) is 10.1. The molecule has 0 unspecified atom stereocenters. The van der Waals surface area contributed by atoms with Crippen molar-refractivity contribution in [2.24, 2.45) is 0 Å². The highest BCUT2D eigenvalue weighted by Gasteiger charge is 2.03. The van der Waals surface area contributed by atoms with E-state index in [0.29, 0.717) is 17.4 Å². The van der Waals surface area contributed by atoms with Crippen molar-refractivity contribution in [1.82, 2.24) is 14.8 Å². The number of nitrogens with zero attached hydrogens (tertiary/aromatic N) is 3. The summed E-state index contributed by atoms with van der Waals surface area (Å²) in [5.74, 6) is -0.425. The number of rotatable bonds is 4. The highest BCUT2D eigenvalue weighted by molar-refractivity contribution is 6.30. The number of carboxylic acids is 1. The van der Waals surface area contributed by atoms with Crippen molar-refractivity contribution in [1.29, 1.82) is 0 Å². The molecule has 1 N–H and O–H groups in total. The molecule has 2 aromatic rings. The largest absolute Gasteiger partial charge is 0.478 e. The SMILES string of the molecule is O=C(O)/C=C\Cn1cnc(-c2cccc(Cl)c2)n1. The van der Waals surface area contributed by atoms with Crippen molar-refractivity contribution in [2.75, 3.05) is 0 Å². The summed E-state index contributed by atoms with van der Waals surface area (Å²) < 4.78 is 1.55. The van der Waals surface area contributed by atoms with Crippen LogP contribution in [0.15, 0.2) is 42.7 Å². The monoisotopic (exact) mass is 263 g/mol. The molecule has 1 aromatic heterocycles. The summed E-state index contributed by atoms with van der Waals surface area (Å²) in [4.78, 5) is 14.4. The van der Waals surface area contributed by atoms with Crippen LogP contribution in [-0.4, -0.2) is 25.8 Å². The Morgan fingerprint density at radius 1 is 1.50 bits per heavy atom. The van der Waals surface area contributed by atoms with E-state index in [9.17, 15) is 4.79 Å². The maximum Gasteiger partial charge on any atom is 0.328 e. The maximum atomic E-state index is 10.3. The molecule has 0 amide bonds. The first-order valence-corrected chi connectivity index (χ1v) is 5.58. The Kier molecular flexibility index (Phi) is 3.74. The second-order valence-corrected chi connectivity index (χ2v) is 3.98. The lowest BCUT2D eigenvalue weighted by molar-refractivity contribution is -0.131. The summed E-state index contributed by atoms with van der Waals surface area (Å²) in [6.07, 6.45) is 4.11. The van der Waals surface area contributed by atoms with Gasteiger partial charge in [-0.15, -0.1) is 0 Å². The molecule has 0 aliphatic rings. The van der Waals surface area contributed by atoms with E-state index in [1.807, 2.05) is 12.1 Å². The van der Waals surface area contributed by atoms with Gasteiger partial charge in [0.15, 0.2) is 5.82 Å². The Morgan fingerprint density at radius 3 is 3.06 bits per heavy atom. The van der Waals surface area contributed by atoms with Gasteiger partial charge in [-0.2, -0.15) is 5.10 Å². The van der Waals surface area contributed by atoms with Crippen LogP contribution in [0.25, 0.3) is 11.4 Å². The predicted octanol–water partition coefficient (Wildman–Crippen LogP) is 2.24. The third-order valence-electron chi connectivity index (χ3n) is 2.17. The Morgan fingerprint density at radius 2 is 2.33 bits per heavy atom. The number of carboxylic acid groups (broad SMARTS) is 1. The van der Waals surface area contributed by atoms with Gasteiger partial charge >= 0.3 is 5.97 Å². The van der Waals surface area contributed by atoms with Gasteiger partial charge in [-0.25, -0.2) is 14.5 Å². The Balaban J connectivity index is 2.13. The van der Waals surface area contributed by atoms with Gasteiger partial charge < -0.3 is 5.11 Å². The Hall–Kier alpha value is -2.14. The first-order chi connectivity index (χ1) is 8.65. The zero-order chi connectivity index (χ0) is 13.0. The van der Waals surface area contributed by atoms with Crippen LogP contribution in [0.2, 0.25) is 5.02 Å². The van der Waals surface area contributed by atoms with E-state index in [1.165, 1.54) is 6.08 Å². The summed E-state index contributed by atoms with van der Waals surface area (Å²) in [6, 6.07) is 7.23. The van der Waals surface area contributed by atoms with Crippen LogP contribution in [0.5, 0.6) is 0 Å². The Bertz CT molecular complexity index is 593. The van der Waals surface area contributed by atoms with Crippen LogP contribution in [0, 0.1) is 0 Å². The quantitative estimate of drug-likeness (QED) is 0.859. The fourth-order valence-corrected chi connectivity index (χ4v) is 1.59. The number of allylic oxidation sites excluding steroid dienone is 1. The highest BCUT2D eigenvalue weighted by atomic mass is 35.5. The summed E-state index contributed by atoms with van der Waals surface area (Å²) in [7, 11) is 0. The molecular formula is C12H10ClN3O2. The first-order valence-electron chi connectivity index (χ1n) is 5.20. The van der Waals surface area contributed by atoms with Crippen LogP contribution in [0.4, 0.5) is 0 Å². The number of hydrogen-bond acceptors (Lipinski definition) is 3. The van der Waals surface area contributed by atoms with Crippen molar-refractivity contribution >= 4 is 17.6 Å². The molecule has 0 radical (unpaired) electrons. The van der Waals surface area contributed by atoms with Gasteiger partial charge in [0.05, 0.1) is 6.54 Å². The number of benzene rings is 1. The second kappa shape index (κ2) is 5.46. The molecule has 0 aliphatic carbocycles. The molecular weight excluding hydrogens is 254 g/mol. The van der Waals surface area contributed by atoms with Gasteiger partial charge in [0.2, 0.25) is 0 Å². The molecule has 0 fully saturated rings. The maximum absolute atomic E-state index is 10.3. The van der Waals surface area contributed by atoms with E-state index < -0.39 is 5.97 Å². The van der Waals surface area contributed by atoms with Crippen molar-refractivity contribution in [3.8, 4) is 11.4 Å². The smallest absolute Gasteiger partial charge is 0.328 e. The normalized spacial score (nSPS) is 10.9. The third-order valence-corrected chi connectivity index (χ3v) is 2.41. The van der Waals surface area contributed by atoms with Crippen LogP contribution >= 0.6 is 11.6 Å². The number of hydrogen-bond donors (Lipinski definition) is 1. The molecule has 92 valence electrons. The van der Waals surface area contributed by atoms with Gasteiger partial charge in [-0.05, 0) is 12.1 Å². The fourth-order valence-electron chi connectivity index (χ4n) is 1.40. The van der Waals surface area contributed by atoms with Crippen LogP contribution in [-0.2, 0) is 11.3 Å². The minimum atomic E-state index is -0.981. The number of aromatic nitrogens is 3. The fraction of sp³-hybridized carbons (Fsp3) is 0.0833. The standard InChI is InChI=1S/C12H10ClN3O2/c13-10-4-1-3-9(7-10)12-14-8-16(15-12)6-2-5-11(17)18/h1-5,7-8H,6H2,(H,17,18)/b5-2-. The molecule has 2 rings (SSSR count). The molecule has 6 heteroatoms. The first kappa shape index (κ1) is 12.3. The van der Waals surface area contributed by atoms with Crippen molar-refractivity contribution in [3.63, 3.8) is 0 Å². The molecule has 1 heterocycles. The van der Waals surface area contributed by atoms with Crippen LogP contribution in [0.1, 0.15) is 0 Å². The Labute approximate surface area is 108 Å². The molecule has 0 saturated carbocycles. The lowest BCUT2D eigenvalue weighted by Crippen LogP contribution is -1.97. The molecule has 0 spiro atoms. The molecule has 18 heavy (non-hydrogen) atoms. The minimum absolute atomic E-state index is 0.361. The highest BCUT2D eigenvalue weighted by Crippen LogP contribution is 2.18. The minimum Gasteiger partial charge on any atom is -0.478 e. The van der Waals surface area contributed by atoms with Crippen LogP contribution in [0.3, 0.4) is 0 Å². The van der Waals surface area contributed by atoms with Crippen molar-refractivity contribution in [3.05, 3.63) is 47.8 Å². The molecule has 0 aliphatic heterocycles. The summed E-state index contributed by atoms with van der Waals surface area (Å²) in [6.45, 7) is 0.361. The zero-order valence-electron chi connectivity index (χ0n) is 9.32. The van der Waals surface area contributed by atoms with Crippen molar-refractivity contribution in [2.45, 2.75) is 6.54 Å². The summed E-state index contributed by atoms with van der Waals surface area (Å²) in [5, 5.41) is 13.3. The number of aliphatic carboxylic acids is 1. The topological polar surface area (TPSA) is 68.0 Å². The molecule has 0 bridgehead atoms. The van der Waals surface area contributed by atoms with Gasteiger partial charge in [0.25, 0.3) is 0 Å². The van der Waals surface area contributed by atoms with E-state index in [0.717, 1.165) is 11.6 Å².